The van der Waals surface area contributed by atoms with Crippen LogP contribution in [0.4, 0.5) is 5.69 Å². The van der Waals surface area contributed by atoms with Crippen LogP contribution in [0.5, 0.6) is 0 Å². The molecule has 0 bridgehead atoms. The van der Waals surface area contributed by atoms with Crippen LogP contribution in [-0.4, -0.2) is 44.4 Å². The lowest BCUT2D eigenvalue weighted by Gasteiger charge is -2.20. The predicted octanol–water partition coefficient (Wildman–Crippen LogP) is 4.73. The zero-order valence-corrected chi connectivity index (χ0v) is 17.7. The van der Waals surface area contributed by atoms with Gasteiger partial charge < -0.3 is 4.90 Å². The van der Waals surface area contributed by atoms with E-state index in [2.05, 4.69) is 56.4 Å². The van der Waals surface area contributed by atoms with Crippen LogP contribution in [0.1, 0.15) is 19.4 Å². The zero-order chi connectivity index (χ0) is 20.9. The summed E-state index contributed by atoms with van der Waals surface area (Å²) in [7, 11) is 0. The number of rotatable bonds is 7. The van der Waals surface area contributed by atoms with Gasteiger partial charge in [0, 0.05) is 24.3 Å². The summed E-state index contributed by atoms with van der Waals surface area (Å²) in [6.45, 7) is 6.26. The summed E-state index contributed by atoms with van der Waals surface area (Å²) in [5, 5.41) is 19.1. The van der Waals surface area contributed by atoms with Gasteiger partial charge in [-0.3, -0.25) is 5.10 Å². The fourth-order valence-electron chi connectivity index (χ4n) is 3.25. The summed E-state index contributed by atoms with van der Waals surface area (Å²) < 4.78 is 2.01. The molecule has 30 heavy (non-hydrogen) atoms. The van der Waals surface area contributed by atoms with Crippen LogP contribution in [-0.2, 0) is 0 Å². The quantitative estimate of drug-likeness (QED) is 0.337. The van der Waals surface area contributed by atoms with Crippen molar-refractivity contribution in [1.29, 1.82) is 0 Å². The molecule has 2 N–H and O–H groups in total. The van der Waals surface area contributed by atoms with E-state index in [9.17, 15) is 0 Å². The number of aromatic amines is 2. The van der Waals surface area contributed by atoms with E-state index in [4.69, 9.17) is 12.2 Å². The van der Waals surface area contributed by atoms with Crippen LogP contribution in [0.25, 0.3) is 22.8 Å². The van der Waals surface area contributed by atoms with Crippen molar-refractivity contribution in [2.24, 2.45) is 5.10 Å². The maximum absolute atomic E-state index is 5.37. The average molecular weight is 418 g/mol. The molecule has 2 aromatic heterocycles. The van der Waals surface area contributed by atoms with E-state index in [1.165, 1.54) is 5.69 Å². The number of nitrogens with one attached hydrogen (secondary N) is 2. The van der Waals surface area contributed by atoms with Gasteiger partial charge >= 0.3 is 0 Å². The highest BCUT2D eigenvalue weighted by molar-refractivity contribution is 7.71. The van der Waals surface area contributed by atoms with Gasteiger partial charge in [0.1, 0.15) is 5.69 Å². The Kier molecular flexibility index (Phi) is 5.85. The first kappa shape index (κ1) is 19.8. The van der Waals surface area contributed by atoms with Crippen molar-refractivity contribution >= 4 is 24.1 Å². The molecule has 0 saturated heterocycles. The van der Waals surface area contributed by atoms with E-state index in [0.29, 0.717) is 10.6 Å². The van der Waals surface area contributed by atoms with Gasteiger partial charge in [-0.15, -0.1) is 0 Å². The predicted molar refractivity (Wildman–Crippen MR) is 123 cm³/mol. The van der Waals surface area contributed by atoms with E-state index < -0.39 is 0 Å². The van der Waals surface area contributed by atoms with E-state index >= 15 is 0 Å². The number of aromatic nitrogens is 5. The molecule has 4 aromatic rings. The summed E-state index contributed by atoms with van der Waals surface area (Å²) in [6, 6.07) is 20.2. The van der Waals surface area contributed by atoms with Gasteiger partial charge in [0.25, 0.3) is 0 Å². The molecule has 0 fully saturated rings. The van der Waals surface area contributed by atoms with Crippen LogP contribution < -0.4 is 4.90 Å². The minimum absolute atomic E-state index is 0.414. The molecule has 4 rings (SSSR count). The number of nitrogens with zero attached hydrogens (tertiary/aromatic N) is 5. The Morgan fingerprint density at radius 3 is 2.43 bits per heavy atom. The summed E-state index contributed by atoms with van der Waals surface area (Å²) in [5.41, 5.74) is 4.77. The van der Waals surface area contributed by atoms with Crippen molar-refractivity contribution in [3.63, 3.8) is 0 Å². The summed E-state index contributed by atoms with van der Waals surface area (Å²) in [5.74, 6) is 0.575. The van der Waals surface area contributed by atoms with E-state index in [1.807, 2.05) is 48.5 Å². The van der Waals surface area contributed by atoms with Crippen molar-refractivity contribution in [1.82, 2.24) is 25.1 Å². The lowest BCUT2D eigenvalue weighted by atomic mass is 10.1. The zero-order valence-electron chi connectivity index (χ0n) is 16.9. The molecule has 0 unspecified atom stereocenters. The molecule has 0 aliphatic rings. The second-order valence-corrected chi connectivity index (χ2v) is 7.09. The number of H-pyrrole nitrogens is 2. The molecule has 0 amide bonds. The lowest BCUT2D eigenvalue weighted by Crippen LogP contribution is -2.21. The molecular formula is C22H23N7S. The van der Waals surface area contributed by atoms with Gasteiger partial charge in [-0.25, -0.2) is 5.10 Å². The van der Waals surface area contributed by atoms with E-state index in [-0.39, 0.29) is 0 Å². The fraction of sp³-hybridized carbons (Fsp3) is 0.182. The lowest BCUT2D eigenvalue weighted by molar-refractivity contribution is 0.864. The van der Waals surface area contributed by atoms with Crippen LogP contribution in [0.3, 0.4) is 0 Å². The summed E-state index contributed by atoms with van der Waals surface area (Å²) in [4.78, 5) is 2.30. The van der Waals surface area contributed by atoms with Crippen LogP contribution >= 0.6 is 12.2 Å². The van der Waals surface area contributed by atoms with Gasteiger partial charge in [0.2, 0.25) is 10.6 Å². The van der Waals surface area contributed by atoms with Crippen molar-refractivity contribution in [2.75, 3.05) is 18.0 Å². The first-order valence-corrected chi connectivity index (χ1v) is 10.3. The normalized spacial score (nSPS) is 11.3. The Hall–Kier alpha value is -3.52. The molecule has 2 aromatic carbocycles. The van der Waals surface area contributed by atoms with Crippen molar-refractivity contribution in [3.8, 4) is 22.8 Å². The second kappa shape index (κ2) is 8.87. The highest BCUT2D eigenvalue weighted by atomic mass is 32.1. The minimum Gasteiger partial charge on any atom is -0.372 e. The molecule has 0 atom stereocenters. The van der Waals surface area contributed by atoms with Gasteiger partial charge in [0.15, 0.2) is 0 Å². The third kappa shape index (κ3) is 4.08. The minimum atomic E-state index is 0.414. The molecule has 0 spiro atoms. The molecule has 0 saturated carbocycles. The first-order valence-electron chi connectivity index (χ1n) is 9.87. The Labute approximate surface area is 180 Å². The molecule has 8 heteroatoms. The smallest absolute Gasteiger partial charge is 0.216 e. The Bertz CT molecular complexity index is 1180. The monoisotopic (exact) mass is 417 g/mol. The largest absolute Gasteiger partial charge is 0.372 e. The van der Waals surface area contributed by atoms with E-state index in [0.717, 1.165) is 35.6 Å². The van der Waals surface area contributed by atoms with Crippen LogP contribution in [0.2, 0.25) is 0 Å². The van der Waals surface area contributed by atoms with Crippen molar-refractivity contribution in [3.05, 3.63) is 71.0 Å². The van der Waals surface area contributed by atoms with Crippen molar-refractivity contribution < 1.29 is 0 Å². The van der Waals surface area contributed by atoms with Crippen LogP contribution in [0.15, 0.2) is 65.8 Å². The first-order chi connectivity index (χ1) is 14.7. The third-order valence-corrected chi connectivity index (χ3v) is 5.15. The highest BCUT2D eigenvalue weighted by Gasteiger charge is 2.12. The number of hydrogen-bond acceptors (Lipinski definition) is 5. The molecule has 0 radical (unpaired) electrons. The maximum atomic E-state index is 5.37. The Balaban J connectivity index is 1.59. The Morgan fingerprint density at radius 2 is 1.73 bits per heavy atom. The van der Waals surface area contributed by atoms with Gasteiger partial charge in [-0.1, -0.05) is 42.5 Å². The second-order valence-electron chi connectivity index (χ2n) is 6.71. The average Bonchev–Trinajstić information content (AvgIpc) is 3.41. The molecule has 152 valence electrons. The van der Waals surface area contributed by atoms with Gasteiger partial charge in [-0.05, 0) is 49.8 Å². The third-order valence-electron chi connectivity index (χ3n) is 4.88. The van der Waals surface area contributed by atoms with Gasteiger partial charge in [0.05, 0.1) is 11.9 Å². The van der Waals surface area contributed by atoms with Gasteiger partial charge in [-0.2, -0.15) is 20.0 Å². The fourth-order valence-corrected chi connectivity index (χ4v) is 3.43. The Morgan fingerprint density at radius 1 is 1.00 bits per heavy atom. The summed E-state index contributed by atoms with van der Waals surface area (Å²) in [6.07, 6.45) is 1.77. The summed E-state index contributed by atoms with van der Waals surface area (Å²) >= 11 is 5.37. The SMILES string of the molecule is CCN(CC)c1ccc(/C=N/n2c(-c3cc(-c4ccccc4)n[nH]3)n[nH]c2=S)cc1. The highest BCUT2D eigenvalue weighted by Crippen LogP contribution is 2.22. The molecule has 0 aliphatic carbocycles. The number of hydrogen-bond donors (Lipinski definition) is 2. The van der Waals surface area contributed by atoms with Crippen LogP contribution in [0, 0.1) is 4.77 Å². The standard InChI is InChI=1S/C22H23N7S/c1-3-28(4-2)18-12-10-16(11-13-18)15-23-29-21(26-27-22(29)30)20-14-19(24-25-20)17-8-6-5-7-9-17/h5-15H,3-4H2,1-2H3,(H,24,25)(H,27,30)/b23-15+. The number of benzene rings is 2. The van der Waals surface area contributed by atoms with Crippen molar-refractivity contribution in [2.45, 2.75) is 13.8 Å². The maximum Gasteiger partial charge on any atom is 0.216 e. The van der Waals surface area contributed by atoms with E-state index in [1.54, 1.807) is 10.9 Å². The molecule has 0 aliphatic heterocycles. The molecule has 2 heterocycles. The number of anilines is 1. The molecule has 7 nitrogen and oxygen atoms in total. The molecular weight excluding hydrogens is 394 g/mol. The topological polar surface area (TPSA) is 77.9 Å².